The Morgan fingerprint density at radius 1 is 1.09 bits per heavy atom. The first-order valence-corrected chi connectivity index (χ1v) is 14.9. The Labute approximate surface area is 199 Å². The highest BCUT2D eigenvalue weighted by atomic mass is 28.4. The third-order valence-corrected chi connectivity index (χ3v) is 14.9. The number of rotatable bonds is 7. The van der Waals surface area contributed by atoms with Crippen LogP contribution in [0.1, 0.15) is 66.1 Å². The molecule has 4 unspecified atom stereocenters. The third kappa shape index (κ3) is 3.48. The predicted octanol–water partition coefficient (Wildman–Crippen LogP) is 6.30. The molecule has 0 amide bonds. The van der Waals surface area contributed by atoms with Crippen LogP contribution in [0.25, 0.3) is 10.9 Å². The molecule has 5 saturated heterocycles. The number of methoxy groups -OCH3 is 1. The Hall–Kier alpha value is -1.47. The molecule has 5 fully saturated rings. The summed E-state index contributed by atoms with van der Waals surface area (Å²) in [6.45, 7) is 16.3. The van der Waals surface area contributed by atoms with E-state index in [1.165, 1.54) is 12.0 Å². The van der Waals surface area contributed by atoms with Crippen molar-refractivity contribution in [3.63, 3.8) is 0 Å². The quantitative estimate of drug-likeness (QED) is 0.446. The van der Waals surface area contributed by atoms with Crippen molar-refractivity contribution in [3.8, 4) is 5.75 Å². The second-order valence-corrected chi connectivity index (χ2v) is 16.7. The Morgan fingerprint density at radius 2 is 1.82 bits per heavy atom. The van der Waals surface area contributed by atoms with Crippen LogP contribution in [0.3, 0.4) is 0 Å². The highest BCUT2D eigenvalue weighted by Gasteiger charge is 2.64. The first-order chi connectivity index (χ1) is 15.7. The molecular weight excluding hydrogens is 428 g/mol. The van der Waals surface area contributed by atoms with Gasteiger partial charge in [0.05, 0.1) is 19.2 Å². The Balaban J connectivity index is 1.59. The zero-order valence-electron chi connectivity index (χ0n) is 21.3. The highest BCUT2D eigenvalue weighted by molar-refractivity contribution is 6.77. The molecule has 33 heavy (non-hydrogen) atoms. The number of benzene rings is 1. The summed E-state index contributed by atoms with van der Waals surface area (Å²) < 4.78 is 20.2. The van der Waals surface area contributed by atoms with E-state index in [2.05, 4.69) is 63.6 Å². The summed E-state index contributed by atoms with van der Waals surface area (Å²) in [5.74, 6) is 0.836. The average molecular weight is 469 g/mol. The second kappa shape index (κ2) is 8.33. The van der Waals surface area contributed by atoms with Crippen LogP contribution in [0.2, 0.25) is 16.6 Å². The molecule has 7 rings (SSSR count). The molecule has 5 atom stereocenters. The number of fused-ring (bicyclic) bond motifs is 3. The molecule has 1 aromatic heterocycles. The molecule has 6 heterocycles. The van der Waals surface area contributed by atoms with E-state index in [-0.39, 0.29) is 6.10 Å². The zero-order chi connectivity index (χ0) is 23.5. The summed E-state index contributed by atoms with van der Waals surface area (Å²) in [6, 6.07) is 8.69. The van der Waals surface area contributed by atoms with Crippen LogP contribution in [0, 0.1) is 5.92 Å². The molecule has 0 spiro atoms. The van der Waals surface area contributed by atoms with Gasteiger partial charge in [0.1, 0.15) is 11.9 Å². The first kappa shape index (κ1) is 23.3. The van der Waals surface area contributed by atoms with Crippen molar-refractivity contribution in [2.45, 2.75) is 88.9 Å². The van der Waals surface area contributed by atoms with Gasteiger partial charge in [-0.1, -0.05) is 41.5 Å². The van der Waals surface area contributed by atoms with Crippen LogP contribution < -0.4 is 4.74 Å². The van der Waals surface area contributed by atoms with Crippen molar-refractivity contribution in [2.24, 2.45) is 5.92 Å². The van der Waals surface area contributed by atoms with Gasteiger partial charge in [-0.25, -0.2) is 0 Å². The van der Waals surface area contributed by atoms with Crippen LogP contribution in [0.5, 0.6) is 5.75 Å². The minimum atomic E-state index is -2.10. The summed E-state index contributed by atoms with van der Waals surface area (Å²) >= 11 is 0. The second-order valence-electron chi connectivity index (χ2n) is 11.3. The molecule has 0 N–H and O–H groups in total. The number of ether oxygens (including phenoxy) is 2. The molecule has 5 aliphatic rings. The van der Waals surface area contributed by atoms with Crippen LogP contribution in [-0.4, -0.2) is 50.2 Å². The van der Waals surface area contributed by atoms with E-state index in [4.69, 9.17) is 13.9 Å². The molecule has 0 saturated carbocycles. The van der Waals surface area contributed by atoms with E-state index in [0.717, 1.165) is 36.2 Å². The molecule has 1 aromatic carbocycles. The first-order valence-electron chi connectivity index (χ1n) is 12.8. The highest BCUT2D eigenvalue weighted by Crippen LogP contribution is 2.57. The number of hydrogen-bond acceptors (Lipinski definition) is 5. The summed E-state index contributed by atoms with van der Waals surface area (Å²) in [4.78, 5) is 7.27. The molecule has 2 aromatic rings. The standard InChI is InChI=1S/C27H40N2O3Si/c1-17(2)33(18(3)4,19(5)6)32-27-16-29-13-11-20(27)14-25(29)26(31-27)22-10-12-28-24-9-8-21(30-7)15-23(22)24/h8-10,12,15,17-20,25-26H,11,13-14,16H2,1-7H3/t20?,25?,26-,27?/m0/s1. The van der Waals surface area contributed by atoms with Crippen LogP contribution in [-0.2, 0) is 9.16 Å². The fourth-order valence-corrected chi connectivity index (χ4v) is 13.0. The lowest BCUT2D eigenvalue weighted by Crippen LogP contribution is -2.74. The van der Waals surface area contributed by atoms with Gasteiger partial charge >= 0.3 is 0 Å². The van der Waals surface area contributed by atoms with Gasteiger partial charge in [0.25, 0.3) is 0 Å². The van der Waals surface area contributed by atoms with E-state index in [9.17, 15) is 0 Å². The van der Waals surface area contributed by atoms with Crippen LogP contribution in [0.15, 0.2) is 30.5 Å². The van der Waals surface area contributed by atoms with Crippen molar-refractivity contribution < 1.29 is 13.9 Å². The minimum Gasteiger partial charge on any atom is -0.497 e. The largest absolute Gasteiger partial charge is 0.497 e. The molecule has 180 valence electrons. The van der Waals surface area contributed by atoms with Gasteiger partial charge in [-0.05, 0) is 65.8 Å². The smallest absolute Gasteiger partial charge is 0.204 e. The number of hydrogen-bond donors (Lipinski definition) is 0. The maximum absolute atomic E-state index is 7.52. The number of pyridine rings is 1. The fraction of sp³-hybridized carbons (Fsp3) is 0.667. The molecular formula is C27H40N2O3Si. The monoisotopic (exact) mass is 468 g/mol. The van der Waals surface area contributed by atoms with E-state index in [1.54, 1.807) is 7.11 Å². The van der Waals surface area contributed by atoms with Crippen LogP contribution >= 0.6 is 0 Å². The molecule has 6 heteroatoms. The van der Waals surface area contributed by atoms with Gasteiger partial charge in [-0.3, -0.25) is 9.88 Å². The van der Waals surface area contributed by atoms with Gasteiger partial charge in [-0.2, -0.15) is 0 Å². The van der Waals surface area contributed by atoms with Crippen molar-refractivity contribution in [1.82, 2.24) is 9.88 Å². The maximum atomic E-state index is 7.52. The number of aromatic nitrogens is 1. The number of piperidine rings is 3. The summed E-state index contributed by atoms with van der Waals surface area (Å²) in [7, 11) is -0.384. The van der Waals surface area contributed by atoms with Crippen LogP contribution in [0.4, 0.5) is 0 Å². The van der Waals surface area contributed by atoms with Gasteiger partial charge in [0.15, 0.2) is 5.79 Å². The normalized spacial score (nSPS) is 31.3. The topological polar surface area (TPSA) is 43.8 Å². The van der Waals surface area contributed by atoms with E-state index >= 15 is 0 Å². The Morgan fingerprint density at radius 3 is 2.42 bits per heavy atom. The fourth-order valence-electron chi connectivity index (χ4n) is 7.38. The van der Waals surface area contributed by atoms with E-state index in [1.807, 2.05) is 18.3 Å². The lowest BCUT2D eigenvalue weighted by atomic mass is 9.73. The van der Waals surface area contributed by atoms with Gasteiger partial charge in [-0.15, -0.1) is 0 Å². The number of nitrogens with zero attached hydrogens (tertiary/aromatic N) is 2. The summed E-state index contributed by atoms with van der Waals surface area (Å²) in [5.41, 5.74) is 3.81. The molecule has 4 bridgehead atoms. The number of morpholine rings is 1. The Bertz CT molecular complexity index is 1000. The predicted molar refractivity (Wildman–Crippen MR) is 135 cm³/mol. The van der Waals surface area contributed by atoms with Crippen molar-refractivity contribution in [1.29, 1.82) is 0 Å². The zero-order valence-corrected chi connectivity index (χ0v) is 22.3. The summed E-state index contributed by atoms with van der Waals surface area (Å²) in [6.07, 6.45) is 4.24. The van der Waals surface area contributed by atoms with E-state index < -0.39 is 14.1 Å². The maximum Gasteiger partial charge on any atom is 0.204 e. The third-order valence-electron chi connectivity index (χ3n) is 8.83. The van der Waals surface area contributed by atoms with Crippen molar-refractivity contribution >= 4 is 19.2 Å². The molecule has 0 aliphatic carbocycles. The van der Waals surface area contributed by atoms with E-state index in [0.29, 0.717) is 28.6 Å². The van der Waals surface area contributed by atoms with Crippen molar-refractivity contribution in [2.75, 3.05) is 20.2 Å². The molecule has 5 nitrogen and oxygen atoms in total. The van der Waals surface area contributed by atoms with Crippen molar-refractivity contribution in [3.05, 3.63) is 36.0 Å². The van der Waals surface area contributed by atoms with Gasteiger partial charge in [0, 0.05) is 23.5 Å². The minimum absolute atomic E-state index is 0.00825. The van der Waals surface area contributed by atoms with Gasteiger partial charge < -0.3 is 13.9 Å². The van der Waals surface area contributed by atoms with Gasteiger partial charge in [0.2, 0.25) is 8.32 Å². The summed E-state index contributed by atoms with van der Waals surface area (Å²) in [5, 5.41) is 1.13. The average Bonchev–Trinajstić information content (AvgIpc) is 2.81. The lowest BCUT2D eigenvalue weighted by Gasteiger charge is -2.65. The SMILES string of the molecule is COc1ccc2nccc([C@@H]3OC4(O[Si](C(C)C)(C(C)C)C(C)C)CN5CCC4CC35)c2c1. The lowest BCUT2D eigenvalue weighted by molar-refractivity contribution is -0.353. The Kier molecular flexibility index (Phi) is 5.88. The molecule has 0 radical (unpaired) electrons. The molecule has 5 aliphatic heterocycles.